The molecular weight excluding hydrogens is 315 g/mol. The summed E-state index contributed by atoms with van der Waals surface area (Å²) in [4.78, 5) is 3.92. The second-order valence-corrected chi connectivity index (χ2v) is 5.01. The van der Waals surface area contributed by atoms with Gasteiger partial charge in [-0.15, -0.1) is 17.8 Å². The third-order valence-electron chi connectivity index (χ3n) is 1.12. The molecule has 0 saturated carbocycles. The molecule has 0 bridgehead atoms. The Labute approximate surface area is 99.4 Å². The van der Waals surface area contributed by atoms with Crippen molar-refractivity contribution >= 4 is 26.5 Å². The van der Waals surface area contributed by atoms with Gasteiger partial charge in [-0.05, 0) is 0 Å². The third-order valence-corrected chi connectivity index (χ3v) is 2.62. The van der Waals surface area contributed by atoms with E-state index in [9.17, 15) is 8.42 Å². The Morgan fingerprint density at radius 2 is 2.36 bits per heavy atom. The van der Waals surface area contributed by atoms with Crippen LogP contribution in [0.25, 0.3) is 0 Å². The Kier molecular flexibility index (Phi) is 5.73. The van der Waals surface area contributed by atoms with Gasteiger partial charge in [-0.3, -0.25) is 4.72 Å². The molecule has 0 saturated heterocycles. The zero-order chi connectivity index (χ0) is 9.90. The maximum Gasteiger partial charge on any atom is 0.231 e. The van der Waals surface area contributed by atoms with E-state index < -0.39 is 10.0 Å². The van der Waals surface area contributed by atoms with Crippen LogP contribution in [-0.2, 0) is 35.9 Å². The van der Waals surface area contributed by atoms with E-state index in [1.807, 2.05) is 0 Å². The summed E-state index contributed by atoms with van der Waals surface area (Å²) in [6.45, 7) is 0.972. The summed E-state index contributed by atoms with van der Waals surface area (Å²) in [6, 6.07) is 0. The number of thiazole rings is 1. The quantitative estimate of drug-likeness (QED) is 0.628. The third kappa shape index (κ3) is 5.00. The van der Waals surface area contributed by atoms with Crippen LogP contribution in [0, 0.1) is 6.61 Å². The topological polar surface area (TPSA) is 79.3 Å². The Morgan fingerprint density at radius 1 is 1.71 bits per heavy atom. The number of sulfonamides is 1. The largest absolute Gasteiger partial charge is 0.566 e. The van der Waals surface area contributed by atoms with E-state index in [1.54, 1.807) is 5.38 Å². The van der Waals surface area contributed by atoms with E-state index in [0.717, 1.165) is 12.9 Å². The van der Waals surface area contributed by atoms with Crippen LogP contribution in [0.5, 0.6) is 0 Å². The molecule has 0 unspecified atom stereocenters. The molecule has 1 aromatic heterocycles. The molecule has 14 heavy (non-hydrogen) atoms. The van der Waals surface area contributed by atoms with Gasteiger partial charge in [0.25, 0.3) is 0 Å². The number of aliphatic hydroxyl groups excluding tert-OH is 1. The van der Waals surface area contributed by atoms with Crippen molar-refractivity contribution in [2.45, 2.75) is 6.42 Å². The van der Waals surface area contributed by atoms with E-state index >= 15 is 0 Å². The fraction of sp³-hybridized carbons (Fsp3) is 0.333. The van der Waals surface area contributed by atoms with Crippen LogP contribution in [0.2, 0.25) is 0 Å². The van der Waals surface area contributed by atoms with Crippen molar-refractivity contribution in [1.82, 2.24) is 4.98 Å². The second kappa shape index (κ2) is 5.75. The van der Waals surface area contributed by atoms with Gasteiger partial charge in [-0.25, -0.2) is 20.0 Å². The molecule has 0 atom stereocenters. The summed E-state index contributed by atoms with van der Waals surface area (Å²) >= 11 is 1.18. The number of anilines is 1. The predicted octanol–water partition coefficient (Wildman–Crippen LogP) is 0.589. The molecule has 83 valence electrons. The summed E-state index contributed by atoms with van der Waals surface area (Å²) in [5.74, 6) is 0. The van der Waals surface area contributed by atoms with Gasteiger partial charge in [0.1, 0.15) is 0 Å². The van der Waals surface area contributed by atoms with Crippen LogP contribution in [-0.4, -0.2) is 24.8 Å². The number of nitrogens with zero attached hydrogens (tertiary/aromatic N) is 1. The van der Waals surface area contributed by atoms with Gasteiger partial charge in [0.15, 0.2) is 5.13 Å². The van der Waals surface area contributed by atoms with Gasteiger partial charge in [-0.2, -0.15) is 0 Å². The number of hydrogen-bond acceptors (Lipinski definition) is 5. The summed E-state index contributed by atoms with van der Waals surface area (Å²) in [7, 11) is -3.25. The van der Waals surface area contributed by atoms with Crippen LogP contribution in [0.15, 0.2) is 5.38 Å². The van der Waals surface area contributed by atoms with Crippen LogP contribution in [0.1, 0.15) is 5.69 Å². The van der Waals surface area contributed by atoms with Crippen molar-refractivity contribution in [3.63, 3.8) is 0 Å². The first kappa shape index (κ1) is 14.0. The predicted molar refractivity (Wildman–Crippen MR) is 50.5 cm³/mol. The fourth-order valence-electron chi connectivity index (χ4n) is 0.700. The van der Waals surface area contributed by atoms with Crippen LogP contribution < -0.4 is 4.72 Å². The molecule has 0 spiro atoms. The van der Waals surface area contributed by atoms with Crippen LogP contribution in [0.3, 0.4) is 0 Å². The second-order valence-electron chi connectivity index (χ2n) is 2.40. The molecule has 0 aliphatic rings. The summed E-state index contributed by atoms with van der Waals surface area (Å²) < 4.78 is 23.8. The van der Waals surface area contributed by atoms with Crippen molar-refractivity contribution in [2.24, 2.45) is 0 Å². The van der Waals surface area contributed by atoms with Crippen LogP contribution >= 0.6 is 11.3 Å². The van der Waals surface area contributed by atoms with E-state index in [1.165, 1.54) is 11.3 Å². The van der Waals surface area contributed by atoms with Crippen LogP contribution in [0.4, 0.5) is 5.13 Å². The normalized spacial score (nSPS) is 10.7. The van der Waals surface area contributed by atoms with Crippen molar-refractivity contribution in [2.75, 3.05) is 11.0 Å². The minimum absolute atomic E-state index is 0. The number of aliphatic hydroxyl groups is 1. The molecular formula is C6H9N2O3RhS2-. The van der Waals surface area contributed by atoms with Gasteiger partial charge >= 0.3 is 0 Å². The molecule has 1 radical (unpaired) electrons. The first-order valence-corrected chi connectivity index (χ1v) is 6.16. The Balaban J connectivity index is 0.00000169. The summed E-state index contributed by atoms with van der Waals surface area (Å²) in [5.41, 5.74) is 0.638. The molecule has 2 N–H and O–H groups in total. The first-order valence-electron chi connectivity index (χ1n) is 3.39. The average molecular weight is 324 g/mol. The molecule has 8 heteroatoms. The SMILES string of the molecule is CS(=O)(=O)Nc1nc(C[CH-]O)cs1.[Rh]. The zero-order valence-electron chi connectivity index (χ0n) is 7.22. The Bertz CT molecular complexity index is 376. The maximum atomic E-state index is 10.8. The molecule has 1 rings (SSSR count). The Hall–Kier alpha value is -0.0366. The first-order chi connectivity index (χ1) is 6.01. The zero-order valence-corrected chi connectivity index (χ0v) is 10.5. The van der Waals surface area contributed by atoms with E-state index in [4.69, 9.17) is 5.11 Å². The summed E-state index contributed by atoms with van der Waals surface area (Å²) in [5, 5.41) is 10.5. The minimum atomic E-state index is -3.25. The molecule has 1 aromatic rings. The minimum Gasteiger partial charge on any atom is -0.566 e. The number of hydrogen-bond donors (Lipinski definition) is 2. The molecule has 1 heterocycles. The van der Waals surface area contributed by atoms with Crippen molar-refractivity contribution < 1.29 is 33.0 Å². The molecule has 0 aromatic carbocycles. The van der Waals surface area contributed by atoms with Gasteiger partial charge in [0.2, 0.25) is 10.0 Å². The number of nitrogens with one attached hydrogen (secondary N) is 1. The summed E-state index contributed by atoms with van der Waals surface area (Å²) in [6.07, 6.45) is 1.38. The van der Waals surface area contributed by atoms with Crippen molar-refractivity contribution in [3.8, 4) is 0 Å². The molecule has 0 aliphatic heterocycles. The molecule has 0 fully saturated rings. The van der Waals surface area contributed by atoms with Crippen molar-refractivity contribution in [1.29, 1.82) is 0 Å². The smallest absolute Gasteiger partial charge is 0.231 e. The van der Waals surface area contributed by atoms with E-state index in [2.05, 4.69) is 9.71 Å². The molecule has 0 amide bonds. The van der Waals surface area contributed by atoms with Gasteiger partial charge < -0.3 is 5.11 Å². The Morgan fingerprint density at radius 3 is 2.86 bits per heavy atom. The van der Waals surface area contributed by atoms with Gasteiger partial charge in [0.05, 0.1) is 6.26 Å². The molecule has 0 aliphatic carbocycles. The van der Waals surface area contributed by atoms with Gasteiger partial charge in [-0.1, -0.05) is 0 Å². The van der Waals surface area contributed by atoms with Crippen molar-refractivity contribution in [3.05, 3.63) is 17.7 Å². The fourth-order valence-corrected chi connectivity index (χ4v) is 2.28. The average Bonchev–Trinajstić information content (AvgIpc) is 2.33. The maximum absolute atomic E-state index is 10.8. The van der Waals surface area contributed by atoms with E-state index in [0.29, 0.717) is 17.2 Å². The van der Waals surface area contributed by atoms with E-state index in [-0.39, 0.29) is 19.5 Å². The van der Waals surface area contributed by atoms with Gasteiger partial charge in [0, 0.05) is 30.6 Å². The standard InChI is InChI=1S/C6H9N2O3S2.Rh/c1-13(10,11)8-6-7-5(2-3-9)4-12-6;/h3-4,9H,2H2,1H3,(H,7,8);/q-1;. The number of aromatic nitrogens is 1. The molecule has 5 nitrogen and oxygen atoms in total. The number of rotatable bonds is 4. The monoisotopic (exact) mass is 324 g/mol.